The van der Waals surface area contributed by atoms with Gasteiger partial charge in [0.15, 0.2) is 0 Å². The van der Waals surface area contributed by atoms with Crippen molar-refractivity contribution in [3.05, 3.63) is 0 Å². The zero-order valence-electron chi connectivity index (χ0n) is 7.40. The van der Waals surface area contributed by atoms with Gasteiger partial charge in [0.2, 0.25) is 0 Å². The topological polar surface area (TPSA) is 245 Å². The fourth-order valence-corrected chi connectivity index (χ4v) is 0. The van der Waals surface area contributed by atoms with Gasteiger partial charge in [-0.2, -0.15) is 0 Å². The second kappa shape index (κ2) is 10.4. The van der Waals surface area contributed by atoms with E-state index in [4.69, 9.17) is 57.6 Å². The van der Waals surface area contributed by atoms with Gasteiger partial charge in [-0.15, -0.1) is 0 Å². The molecule has 0 aromatic carbocycles. The minimum Gasteiger partial charge on any atom is -0.828 e. The third-order valence-corrected chi connectivity index (χ3v) is 0. The predicted octanol–water partition coefficient (Wildman–Crippen LogP) is -7.79. The van der Waals surface area contributed by atoms with E-state index < -0.39 is 25.9 Å². The molecule has 0 rings (SSSR count). The Morgan fingerprint density at radius 1 is 0.812 bits per heavy atom. The van der Waals surface area contributed by atoms with E-state index >= 15 is 0 Å². The fourth-order valence-electron chi connectivity index (χ4n) is 0. The van der Waals surface area contributed by atoms with Crippen LogP contribution in [-0.4, -0.2) is 99.3 Å². The van der Waals surface area contributed by atoms with Gasteiger partial charge in [-0.05, 0) is 0 Å². The van der Waals surface area contributed by atoms with Crippen LogP contribution in [0, 0.1) is 0 Å². The molecule has 0 bridgehead atoms. The fraction of sp³-hybridized carbons (Fsp3) is 0. The van der Waals surface area contributed by atoms with Gasteiger partial charge in [-0.1, -0.05) is 0 Å². The van der Waals surface area contributed by atoms with Gasteiger partial charge in [0.05, 0.1) is 0 Å². The van der Waals surface area contributed by atoms with Gasteiger partial charge in [0.25, 0.3) is 0 Å². The average molecular weight is 328 g/mol. The molecule has 12 nitrogen and oxygen atoms in total. The van der Waals surface area contributed by atoms with Crippen LogP contribution in [0.25, 0.3) is 0 Å². The largest absolute Gasteiger partial charge is 2.00 e. The summed E-state index contributed by atoms with van der Waals surface area (Å²) >= 11 is 0. The molecular weight excluding hydrogens is 319 g/mol. The van der Waals surface area contributed by atoms with E-state index in [0.29, 0.717) is 0 Å². The first kappa shape index (κ1) is 26.1. The molecule has 0 saturated heterocycles. The van der Waals surface area contributed by atoms with E-state index in [0.717, 1.165) is 0 Å². The number of hydrogen-bond donors (Lipinski definition) is 9. The molecule has 0 amide bonds. The number of phosphoric acid groups is 1. The van der Waals surface area contributed by atoms with E-state index in [9.17, 15) is 0 Å². The minimum absolute atomic E-state index is 0. The normalized spacial score (nSPS) is 11.2. The van der Waals surface area contributed by atoms with Crippen LogP contribution in [0.1, 0.15) is 0 Å². The van der Waals surface area contributed by atoms with E-state index in [2.05, 4.69) is 0 Å². The van der Waals surface area contributed by atoms with E-state index in [1.165, 1.54) is 0 Å². The van der Waals surface area contributed by atoms with Crippen molar-refractivity contribution in [2.75, 3.05) is 0 Å². The van der Waals surface area contributed by atoms with Crippen LogP contribution in [0.4, 0.5) is 0 Å². The molecule has 9 N–H and O–H groups in total. The van der Waals surface area contributed by atoms with Gasteiger partial charge in [0, 0.05) is 0 Å². The molecule has 0 spiro atoms. The third-order valence-electron chi connectivity index (χ3n) is 0. The third kappa shape index (κ3) is 1480. The Hall–Kier alpha value is 1.48. The first-order valence-corrected chi connectivity index (χ1v) is 7.60. The van der Waals surface area contributed by atoms with Crippen molar-refractivity contribution in [3.8, 4) is 0 Å². The first-order valence-electron chi connectivity index (χ1n) is 2.53. The molecule has 0 aromatic heterocycles. The van der Waals surface area contributed by atoms with Crippen LogP contribution in [0.2, 0.25) is 0 Å². The van der Waals surface area contributed by atoms with Crippen molar-refractivity contribution in [1.82, 2.24) is 0 Å². The first-order chi connectivity index (χ1) is 6.00. The maximum absolute atomic E-state index is 8.88. The molecule has 0 atom stereocenters. The summed E-state index contributed by atoms with van der Waals surface area (Å²) in [6, 6.07) is 0. The van der Waals surface area contributed by atoms with Gasteiger partial charge >= 0.3 is 54.6 Å². The summed E-state index contributed by atoms with van der Waals surface area (Å²) in [5, 5.41) is 0. The number of rotatable bonds is 0. The van der Waals surface area contributed by atoms with E-state index in [1.807, 2.05) is 0 Å². The van der Waals surface area contributed by atoms with Crippen LogP contribution in [0.15, 0.2) is 0 Å². The maximum Gasteiger partial charge on any atom is 2.00 e. The SMILES string of the molecule is O=P(O)(O)O.O[Si](O)(O)O.[Ca+2].[O-][Si]([O-])(O)O. The molecule has 0 aliphatic carbocycles. The maximum atomic E-state index is 8.88. The van der Waals surface area contributed by atoms with Crippen molar-refractivity contribution in [3.63, 3.8) is 0 Å². The molecule has 96 valence electrons. The van der Waals surface area contributed by atoms with Gasteiger partial charge in [0.1, 0.15) is 9.05 Å². The van der Waals surface area contributed by atoms with Crippen molar-refractivity contribution in [1.29, 1.82) is 0 Å². The molecule has 0 aliphatic heterocycles. The molecule has 16 heteroatoms. The second-order valence-electron chi connectivity index (χ2n) is 1.66. The number of hydrogen-bond acceptors (Lipinski definition) is 9. The Bertz CT molecular complexity index is 152. The Morgan fingerprint density at radius 3 is 0.812 bits per heavy atom. The summed E-state index contributed by atoms with van der Waals surface area (Å²) in [4.78, 5) is 82.7. The van der Waals surface area contributed by atoms with Crippen LogP contribution >= 0.6 is 7.82 Å². The predicted molar refractivity (Wildman–Crippen MR) is 44.8 cm³/mol. The molecule has 0 heterocycles. The summed E-state index contributed by atoms with van der Waals surface area (Å²) in [5.74, 6) is 0. The summed E-state index contributed by atoms with van der Waals surface area (Å²) in [7, 11) is -14.4. The summed E-state index contributed by atoms with van der Waals surface area (Å²) in [6.07, 6.45) is 0. The summed E-state index contributed by atoms with van der Waals surface area (Å²) in [5.41, 5.74) is 0. The van der Waals surface area contributed by atoms with Gasteiger partial charge < -0.3 is 53.0 Å². The van der Waals surface area contributed by atoms with Crippen LogP contribution in [0.5, 0.6) is 0 Å². The molecular formula is H9CaO12PSi2. The summed E-state index contributed by atoms with van der Waals surface area (Å²) < 4.78 is 8.88. The quantitative estimate of drug-likeness (QED) is 0.148. The minimum atomic E-state index is -5.11. The standard InChI is InChI=1S/Ca.H3O4P.H4O4Si.H2O4Si/c;3*1-5(2,3)4/h;(H3,1,2,3,4);1-4H;1-2H/q+2;;;-2. The smallest absolute Gasteiger partial charge is 0.828 e. The Labute approximate surface area is 121 Å². The van der Waals surface area contributed by atoms with Crippen molar-refractivity contribution in [2.24, 2.45) is 0 Å². The van der Waals surface area contributed by atoms with E-state index in [1.54, 1.807) is 0 Å². The monoisotopic (exact) mass is 328 g/mol. The van der Waals surface area contributed by atoms with Crippen LogP contribution < -0.4 is 9.59 Å². The van der Waals surface area contributed by atoms with Gasteiger partial charge in [-0.25, -0.2) is 4.57 Å². The van der Waals surface area contributed by atoms with Crippen molar-refractivity contribution >= 4 is 63.7 Å². The van der Waals surface area contributed by atoms with Crippen molar-refractivity contribution in [2.45, 2.75) is 0 Å². The Kier molecular flexibility index (Phi) is 17.0. The molecule has 0 aromatic rings. The molecule has 0 fully saturated rings. The van der Waals surface area contributed by atoms with Gasteiger partial charge in [-0.3, -0.25) is 0 Å². The van der Waals surface area contributed by atoms with Crippen LogP contribution in [0.3, 0.4) is 0 Å². The van der Waals surface area contributed by atoms with Crippen molar-refractivity contribution < 1.29 is 57.6 Å². The molecule has 16 heavy (non-hydrogen) atoms. The Balaban J connectivity index is -0.0000000655. The molecule has 0 saturated carbocycles. The average Bonchev–Trinajstić information content (AvgIpc) is 1.41. The van der Waals surface area contributed by atoms with E-state index in [-0.39, 0.29) is 37.7 Å². The summed E-state index contributed by atoms with van der Waals surface area (Å²) in [6.45, 7) is 0. The molecule has 0 radical (unpaired) electrons. The second-order valence-corrected chi connectivity index (χ2v) is 4.99. The molecule has 0 unspecified atom stereocenters. The zero-order chi connectivity index (χ0) is 13.5. The molecule has 0 aliphatic rings. The van der Waals surface area contributed by atoms with Crippen LogP contribution in [-0.2, 0) is 4.57 Å². The Morgan fingerprint density at radius 2 is 0.812 bits per heavy atom. The zero-order valence-corrected chi connectivity index (χ0v) is 12.5.